The molecule has 9 heteroatoms. The fourth-order valence-corrected chi connectivity index (χ4v) is 5.95. The van der Waals surface area contributed by atoms with Crippen LogP contribution in [-0.2, 0) is 9.84 Å². The summed E-state index contributed by atoms with van der Waals surface area (Å²) < 4.78 is 38.8. The van der Waals surface area contributed by atoms with E-state index in [1.807, 2.05) is 16.8 Å². The fourth-order valence-electron chi connectivity index (χ4n) is 4.12. The Labute approximate surface area is 194 Å². The highest BCUT2D eigenvalue weighted by Crippen LogP contribution is 2.33. The molecule has 33 heavy (non-hydrogen) atoms. The van der Waals surface area contributed by atoms with Crippen LogP contribution < -0.4 is 5.32 Å². The van der Waals surface area contributed by atoms with E-state index in [0.717, 1.165) is 16.5 Å². The molecule has 1 atom stereocenters. The number of benzene rings is 2. The normalized spacial score (nSPS) is 17.3. The second-order valence-corrected chi connectivity index (χ2v) is 10.7. The van der Waals surface area contributed by atoms with Gasteiger partial charge in [0.25, 0.3) is 5.91 Å². The van der Waals surface area contributed by atoms with Gasteiger partial charge in [-0.25, -0.2) is 12.8 Å². The number of hydrogen-bond acceptors (Lipinski definition) is 4. The number of carbonyl (C=O) groups is 1. The number of nitrogens with one attached hydrogen (secondary N) is 1. The number of carbonyl (C=O) groups excluding carboxylic acids is 1. The monoisotopic (exact) mass is 483 g/mol. The first kappa shape index (κ1) is 21.6. The largest absolute Gasteiger partial charge is 0.348 e. The van der Waals surface area contributed by atoms with Crippen LogP contribution in [0.1, 0.15) is 16.8 Å². The molecule has 5 rings (SSSR count). The number of nitrogens with zero attached hydrogens (tertiary/aromatic N) is 2. The lowest BCUT2D eigenvalue weighted by Gasteiger charge is -2.11. The molecule has 1 N–H and O–H groups in total. The zero-order valence-corrected chi connectivity index (χ0v) is 18.9. The van der Waals surface area contributed by atoms with Crippen molar-refractivity contribution in [1.29, 1.82) is 0 Å². The second kappa shape index (κ2) is 8.28. The molecule has 1 fully saturated rings. The molecule has 0 aliphatic carbocycles. The Bertz CT molecular complexity index is 1480. The van der Waals surface area contributed by atoms with Crippen molar-refractivity contribution in [2.75, 3.05) is 11.5 Å². The van der Waals surface area contributed by atoms with E-state index < -0.39 is 15.9 Å². The van der Waals surface area contributed by atoms with Gasteiger partial charge in [0.15, 0.2) is 9.84 Å². The third-order valence-corrected chi connectivity index (χ3v) is 7.74. The molecule has 4 aromatic rings. The number of amides is 1. The van der Waals surface area contributed by atoms with Crippen molar-refractivity contribution >= 4 is 38.2 Å². The molecule has 0 bridgehead atoms. The number of aromatic nitrogens is 2. The van der Waals surface area contributed by atoms with Gasteiger partial charge in [-0.1, -0.05) is 17.7 Å². The van der Waals surface area contributed by atoms with Crippen LogP contribution in [0.5, 0.6) is 0 Å². The highest BCUT2D eigenvalue weighted by Gasteiger charge is 2.29. The smallest absolute Gasteiger partial charge is 0.251 e. The van der Waals surface area contributed by atoms with Crippen molar-refractivity contribution in [3.05, 3.63) is 83.4 Å². The summed E-state index contributed by atoms with van der Waals surface area (Å²) in [6.07, 6.45) is 3.91. The molecule has 168 valence electrons. The van der Waals surface area contributed by atoms with Gasteiger partial charge in [-0.05, 0) is 55.0 Å². The molecule has 6 nitrogen and oxygen atoms in total. The van der Waals surface area contributed by atoms with E-state index in [9.17, 15) is 17.6 Å². The minimum absolute atomic E-state index is 0.0441. The van der Waals surface area contributed by atoms with Crippen LogP contribution in [0.2, 0.25) is 5.02 Å². The van der Waals surface area contributed by atoms with Gasteiger partial charge in [-0.15, -0.1) is 0 Å². The third-order valence-electron chi connectivity index (χ3n) is 5.74. The average Bonchev–Trinajstić information content (AvgIpc) is 3.33. The van der Waals surface area contributed by atoms with Gasteiger partial charge in [0, 0.05) is 45.7 Å². The number of rotatable bonds is 4. The minimum atomic E-state index is -3.10. The molecule has 1 saturated heterocycles. The van der Waals surface area contributed by atoms with Gasteiger partial charge in [-0.2, -0.15) is 0 Å². The Morgan fingerprint density at radius 2 is 1.91 bits per heavy atom. The molecular weight excluding hydrogens is 465 g/mol. The number of hydrogen-bond donors (Lipinski definition) is 1. The lowest BCUT2D eigenvalue weighted by Crippen LogP contribution is -2.35. The standard InChI is InChI=1S/C24H19ClFN3O3S/c25-16-7-9-27-22(12-16)21-13-29(19-4-2-17(26)3-5-19)23-11-15(1-6-20(21)23)24(30)28-18-8-10-33(31,32)14-18/h1-7,9,11-13,18H,8,10,14H2,(H,28,30). The Morgan fingerprint density at radius 3 is 2.61 bits per heavy atom. The fraction of sp³-hybridized carbons (Fsp3) is 0.167. The highest BCUT2D eigenvalue weighted by molar-refractivity contribution is 7.91. The summed E-state index contributed by atoms with van der Waals surface area (Å²) in [7, 11) is -3.10. The van der Waals surface area contributed by atoms with Gasteiger partial charge in [0.1, 0.15) is 5.82 Å². The average molecular weight is 484 g/mol. The first-order valence-electron chi connectivity index (χ1n) is 10.3. The molecule has 0 radical (unpaired) electrons. The molecule has 3 heterocycles. The first-order chi connectivity index (χ1) is 15.8. The second-order valence-electron chi connectivity index (χ2n) is 8.05. The van der Waals surface area contributed by atoms with Crippen molar-refractivity contribution in [1.82, 2.24) is 14.9 Å². The summed E-state index contributed by atoms with van der Waals surface area (Å²) in [6.45, 7) is 0. The number of halogens is 2. The maximum atomic E-state index is 13.5. The quantitative estimate of drug-likeness (QED) is 0.466. The molecule has 0 spiro atoms. The maximum Gasteiger partial charge on any atom is 0.251 e. The Kier molecular flexibility index (Phi) is 5.42. The Balaban J connectivity index is 1.59. The zero-order valence-electron chi connectivity index (χ0n) is 17.3. The zero-order chi connectivity index (χ0) is 23.2. The van der Waals surface area contributed by atoms with Gasteiger partial charge in [0.05, 0.1) is 22.7 Å². The van der Waals surface area contributed by atoms with Crippen molar-refractivity contribution in [3.8, 4) is 16.9 Å². The lowest BCUT2D eigenvalue weighted by molar-refractivity contribution is 0.0941. The summed E-state index contributed by atoms with van der Waals surface area (Å²) in [4.78, 5) is 17.3. The Morgan fingerprint density at radius 1 is 1.12 bits per heavy atom. The molecule has 0 saturated carbocycles. The van der Waals surface area contributed by atoms with Gasteiger partial charge >= 0.3 is 0 Å². The van der Waals surface area contributed by atoms with E-state index in [-0.39, 0.29) is 23.2 Å². The van der Waals surface area contributed by atoms with Crippen LogP contribution in [0.3, 0.4) is 0 Å². The van der Waals surface area contributed by atoms with Crippen LogP contribution in [0.25, 0.3) is 27.8 Å². The van der Waals surface area contributed by atoms with Crippen LogP contribution in [-0.4, -0.2) is 41.4 Å². The predicted octanol–water partition coefficient (Wildman–Crippen LogP) is 4.40. The van der Waals surface area contributed by atoms with Crippen LogP contribution in [0, 0.1) is 5.82 Å². The van der Waals surface area contributed by atoms with E-state index in [2.05, 4.69) is 10.3 Å². The molecular formula is C24H19ClFN3O3S. The molecule has 1 aliphatic rings. The summed E-state index contributed by atoms with van der Waals surface area (Å²) in [5, 5.41) is 4.21. The molecule has 2 aromatic carbocycles. The number of pyridine rings is 1. The molecule has 2 aromatic heterocycles. The van der Waals surface area contributed by atoms with E-state index in [4.69, 9.17) is 11.6 Å². The van der Waals surface area contributed by atoms with Gasteiger partial charge in [-0.3, -0.25) is 9.78 Å². The predicted molar refractivity (Wildman–Crippen MR) is 126 cm³/mol. The number of fused-ring (bicyclic) bond motifs is 1. The third kappa shape index (κ3) is 4.36. The van der Waals surface area contributed by atoms with E-state index >= 15 is 0 Å². The number of sulfone groups is 1. The van der Waals surface area contributed by atoms with Gasteiger partial charge < -0.3 is 9.88 Å². The van der Waals surface area contributed by atoms with E-state index in [0.29, 0.717) is 28.4 Å². The lowest BCUT2D eigenvalue weighted by atomic mass is 10.1. The molecule has 1 unspecified atom stereocenters. The topological polar surface area (TPSA) is 81.1 Å². The van der Waals surface area contributed by atoms with Crippen LogP contribution >= 0.6 is 11.6 Å². The summed E-state index contributed by atoms with van der Waals surface area (Å²) in [6, 6.07) is 14.4. The van der Waals surface area contributed by atoms with Crippen molar-refractivity contribution in [2.45, 2.75) is 12.5 Å². The van der Waals surface area contributed by atoms with Gasteiger partial charge in [0.2, 0.25) is 0 Å². The first-order valence-corrected chi connectivity index (χ1v) is 12.5. The Hall–Kier alpha value is -3.23. The van der Waals surface area contributed by atoms with E-state index in [1.165, 1.54) is 12.1 Å². The SMILES string of the molecule is O=C(NC1CCS(=O)(=O)C1)c1ccc2c(-c3cc(Cl)ccn3)cn(-c3ccc(F)cc3)c2c1. The van der Waals surface area contributed by atoms with Crippen LogP contribution in [0.15, 0.2) is 67.0 Å². The molecule has 1 aliphatic heterocycles. The highest BCUT2D eigenvalue weighted by atomic mass is 35.5. The summed E-state index contributed by atoms with van der Waals surface area (Å²) in [5.41, 5.74) is 3.32. The minimum Gasteiger partial charge on any atom is -0.348 e. The summed E-state index contributed by atoms with van der Waals surface area (Å²) >= 11 is 6.17. The molecule has 1 amide bonds. The summed E-state index contributed by atoms with van der Waals surface area (Å²) in [5.74, 6) is -0.649. The maximum absolute atomic E-state index is 13.5. The van der Waals surface area contributed by atoms with Crippen LogP contribution in [0.4, 0.5) is 4.39 Å². The van der Waals surface area contributed by atoms with Crippen molar-refractivity contribution < 1.29 is 17.6 Å². The van der Waals surface area contributed by atoms with E-state index in [1.54, 1.807) is 42.6 Å². The van der Waals surface area contributed by atoms with Crippen molar-refractivity contribution in [2.24, 2.45) is 0 Å². The van der Waals surface area contributed by atoms with Crippen molar-refractivity contribution in [3.63, 3.8) is 0 Å².